The zero-order chi connectivity index (χ0) is 30.9. The minimum Gasteiger partial charge on any atom is -0.478 e. The summed E-state index contributed by atoms with van der Waals surface area (Å²) in [6.45, 7) is 0.260. The van der Waals surface area contributed by atoms with Gasteiger partial charge >= 0.3 is 12.1 Å². The van der Waals surface area contributed by atoms with Crippen LogP contribution in [0.25, 0.3) is 28.7 Å². The first kappa shape index (κ1) is 29.0. The van der Waals surface area contributed by atoms with Crippen LogP contribution in [0.15, 0.2) is 45.7 Å². The van der Waals surface area contributed by atoms with Crippen molar-refractivity contribution in [2.75, 3.05) is 6.61 Å². The lowest BCUT2D eigenvalue weighted by atomic mass is 9.65. The maximum Gasteiger partial charge on any atom is 0.416 e. The normalized spacial score (nSPS) is 23.5. The number of rotatable bonds is 7. The number of fused-ring (bicyclic) bond motifs is 3. The molecule has 2 aliphatic carbocycles. The van der Waals surface area contributed by atoms with Gasteiger partial charge in [0.15, 0.2) is 0 Å². The molecule has 3 aromatic heterocycles. The van der Waals surface area contributed by atoms with E-state index in [1.54, 1.807) is 0 Å². The van der Waals surface area contributed by atoms with E-state index in [4.69, 9.17) is 37.0 Å². The van der Waals surface area contributed by atoms with Crippen LogP contribution in [0.3, 0.4) is 0 Å². The van der Waals surface area contributed by atoms with Gasteiger partial charge in [-0.1, -0.05) is 45.7 Å². The maximum atomic E-state index is 13.4. The van der Waals surface area contributed by atoms with Gasteiger partial charge in [0.05, 0.1) is 38.8 Å². The van der Waals surface area contributed by atoms with Crippen LogP contribution in [0.4, 0.5) is 13.2 Å². The summed E-state index contributed by atoms with van der Waals surface area (Å²) in [5, 5.41) is 18.3. The van der Waals surface area contributed by atoms with Crippen molar-refractivity contribution in [3.05, 3.63) is 75.1 Å². The van der Waals surface area contributed by atoms with Crippen LogP contribution in [0.5, 0.6) is 0 Å². The number of hydrogen-bond donors (Lipinski definition) is 1. The van der Waals surface area contributed by atoms with E-state index in [2.05, 4.69) is 20.3 Å². The zero-order valence-corrected chi connectivity index (χ0v) is 24.3. The average molecular weight is 647 g/mol. The van der Waals surface area contributed by atoms with E-state index >= 15 is 0 Å². The van der Waals surface area contributed by atoms with Crippen LogP contribution < -0.4 is 0 Å². The molecule has 0 unspecified atom stereocenters. The Balaban J connectivity index is 1.14. The first-order chi connectivity index (χ1) is 21.0. The molecule has 0 atom stereocenters. The molecule has 0 radical (unpaired) electrons. The van der Waals surface area contributed by atoms with Gasteiger partial charge in [-0.25, -0.2) is 4.79 Å². The molecule has 8 rings (SSSR count). The van der Waals surface area contributed by atoms with E-state index in [0.29, 0.717) is 53.1 Å². The highest BCUT2D eigenvalue weighted by Gasteiger charge is 2.52. The molecule has 2 bridgehead atoms. The van der Waals surface area contributed by atoms with Crippen molar-refractivity contribution in [1.29, 1.82) is 0 Å². The third-order valence-corrected chi connectivity index (χ3v) is 9.26. The van der Waals surface area contributed by atoms with Crippen LogP contribution in [0, 0.1) is 0 Å². The molecule has 2 saturated heterocycles. The Bertz CT molecular complexity index is 1770. The standard InChI is InChI=1S/C30H23Cl2F3N4O5/c31-20-12-36-13-21(32)22(20)23-19(24(43-38-23)15-1-2-15)3-4-29-7-5-28(6-8-29,14-42-29)27-37-25(39-44-27)16-9-17(26(40)41)11-18(10-16)30(33,34)35/h3-4,9-13,15H,1-2,5-8,14H2,(H,40,41)/b4-3+. The molecule has 5 heterocycles. The lowest BCUT2D eigenvalue weighted by molar-refractivity contribution is -0.137. The number of ether oxygens (including phenoxy) is 1. The number of nitrogens with zero attached hydrogens (tertiary/aromatic N) is 4. The third kappa shape index (κ3) is 5.08. The van der Waals surface area contributed by atoms with E-state index in [-0.39, 0.29) is 29.8 Å². The fourth-order valence-corrected chi connectivity index (χ4v) is 6.52. The van der Waals surface area contributed by atoms with Gasteiger partial charge in [-0.15, -0.1) is 0 Å². The molecule has 2 aliphatic heterocycles. The summed E-state index contributed by atoms with van der Waals surface area (Å²) in [7, 11) is 0. The predicted octanol–water partition coefficient (Wildman–Crippen LogP) is 7.98. The molecular formula is C30H23Cl2F3N4O5. The van der Waals surface area contributed by atoms with Crippen molar-refractivity contribution in [3.8, 4) is 22.6 Å². The molecule has 4 aromatic rings. The molecule has 1 aromatic carbocycles. The van der Waals surface area contributed by atoms with Gasteiger partial charge in [0.1, 0.15) is 11.5 Å². The molecule has 1 N–H and O–H groups in total. The van der Waals surface area contributed by atoms with Crippen molar-refractivity contribution in [2.45, 2.75) is 61.6 Å². The van der Waals surface area contributed by atoms with Gasteiger partial charge in [0.25, 0.3) is 0 Å². The van der Waals surface area contributed by atoms with E-state index in [0.717, 1.165) is 36.3 Å². The lowest BCUT2D eigenvalue weighted by Crippen LogP contribution is -2.52. The molecule has 44 heavy (non-hydrogen) atoms. The number of carboxylic acids is 1. The number of carboxylic acid groups (broad SMARTS) is 1. The first-order valence-corrected chi connectivity index (χ1v) is 14.6. The molecule has 0 spiro atoms. The SMILES string of the molecule is O=C(O)c1cc(-c2noc(C34CCC(/C=C/c5c(-c6c(Cl)cncc6Cl)noc5C5CC5)(CC3)OC4)n2)cc(C(F)(F)F)c1. The number of alkyl halides is 3. The molecule has 0 amide bonds. The minimum atomic E-state index is -4.74. The maximum absolute atomic E-state index is 13.4. The van der Waals surface area contributed by atoms with Crippen LogP contribution in [-0.2, 0) is 16.3 Å². The molecule has 9 nitrogen and oxygen atoms in total. The van der Waals surface area contributed by atoms with Gasteiger partial charge in [0, 0.05) is 35.0 Å². The highest BCUT2D eigenvalue weighted by atomic mass is 35.5. The second-order valence-electron chi connectivity index (χ2n) is 11.6. The fourth-order valence-electron chi connectivity index (χ4n) is 5.98. The van der Waals surface area contributed by atoms with Crippen LogP contribution in [0.1, 0.15) is 77.6 Å². The number of pyridine rings is 1. The van der Waals surface area contributed by atoms with Crippen molar-refractivity contribution < 1.29 is 36.9 Å². The van der Waals surface area contributed by atoms with E-state index < -0.39 is 34.3 Å². The number of aromatic nitrogens is 4. The Kier molecular flexibility index (Phi) is 6.87. The Labute approximate surface area is 258 Å². The van der Waals surface area contributed by atoms with Gasteiger partial charge in [-0.3, -0.25) is 4.98 Å². The molecular weight excluding hydrogens is 624 g/mol. The van der Waals surface area contributed by atoms with Gasteiger partial charge in [-0.05, 0) is 56.7 Å². The number of halogens is 5. The molecule has 4 fully saturated rings. The van der Waals surface area contributed by atoms with Crippen LogP contribution >= 0.6 is 23.2 Å². The summed E-state index contributed by atoms with van der Waals surface area (Å²) >= 11 is 12.9. The monoisotopic (exact) mass is 646 g/mol. The van der Waals surface area contributed by atoms with Gasteiger partial charge < -0.3 is 18.9 Å². The van der Waals surface area contributed by atoms with Crippen molar-refractivity contribution in [2.24, 2.45) is 0 Å². The van der Waals surface area contributed by atoms with Gasteiger partial charge in [-0.2, -0.15) is 18.2 Å². The highest BCUT2D eigenvalue weighted by molar-refractivity contribution is 6.39. The summed E-state index contributed by atoms with van der Waals surface area (Å²) in [5.74, 6) is -0.318. The van der Waals surface area contributed by atoms with E-state index in [1.165, 1.54) is 12.4 Å². The summed E-state index contributed by atoms with van der Waals surface area (Å²) < 4.78 is 58.0. The quantitative estimate of drug-likeness (QED) is 0.213. The fraction of sp³-hybridized carbons (Fsp3) is 0.367. The largest absolute Gasteiger partial charge is 0.478 e. The number of benzene rings is 1. The summed E-state index contributed by atoms with van der Waals surface area (Å²) in [6, 6.07) is 2.48. The Morgan fingerprint density at radius 1 is 1.02 bits per heavy atom. The second kappa shape index (κ2) is 10.4. The number of hydrogen-bond acceptors (Lipinski definition) is 8. The van der Waals surface area contributed by atoms with Crippen LogP contribution in [0.2, 0.25) is 10.0 Å². The first-order valence-electron chi connectivity index (χ1n) is 13.9. The third-order valence-electron chi connectivity index (χ3n) is 8.68. The zero-order valence-electron chi connectivity index (χ0n) is 22.8. The molecule has 4 aliphatic rings. The molecule has 2 saturated carbocycles. The number of aromatic carboxylic acids is 1. The van der Waals surface area contributed by atoms with Crippen molar-refractivity contribution in [3.63, 3.8) is 0 Å². The summed E-state index contributed by atoms with van der Waals surface area (Å²) in [6.07, 6.45) is 6.79. The number of carbonyl (C=O) groups is 1. The van der Waals surface area contributed by atoms with Gasteiger partial charge in [0.2, 0.25) is 11.7 Å². The lowest BCUT2D eigenvalue weighted by Gasteiger charge is -2.50. The van der Waals surface area contributed by atoms with Crippen molar-refractivity contribution in [1.82, 2.24) is 20.3 Å². The average Bonchev–Trinajstić information content (AvgIpc) is 3.56. The van der Waals surface area contributed by atoms with E-state index in [9.17, 15) is 23.1 Å². The Morgan fingerprint density at radius 3 is 2.36 bits per heavy atom. The van der Waals surface area contributed by atoms with E-state index in [1.807, 2.05) is 12.2 Å². The highest BCUT2D eigenvalue weighted by Crippen LogP contribution is 2.52. The Morgan fingerprint density at radius 2 is 1.75 bits per heavy atom. The predicted molar refractivity (Wildman–Crippen MR) is 151 cm³/mol. The Hall–Kier alpha value is -3.74. The molecule has 14 heteroatoms. The minimum absolute atomic E-state index is 0.0983. The smallest absolute Gasteiger partial charge is 0.416 e. The second-order valence-corrected chi connectivity index (χ2v) is 12.4. The summed E-state index contributed by atoms with van der Waals surface area (Å²) in [5.41, 5.74) is -1.03. The van der Waals surface area contributed by atoms with Crippen LogP contribution in [-0.4, -0.2) is 43.6 Å². The summed E-state index contributed by atoms with van der Waals surface area (Å²) in [4.78, 5) is 19.9. The topological polar surface area (TPSA) is 124 Å². The van der Waals surface area contributed by atoms with Crippen molar-refractivity contribution >= 4 is 35.2 Å². The molecule has 228 valence electrons.